The Morgan fingerprint density at radius 1 is 1.53 bits per heavy atom. The molecule has 0 aliphatic carbocycles. The van der Waals surface area contributed by atoms with Gasteiger partial charge in [-0.05, 0) is 20.8 Å². The van der Waals surface area contributed by atoms with Gasteiger partial charge in [0.2, 0.25) is 0 Å². The lowest BCUT2D eigenvalue weighted by molar-refractivity contribution is 0.316. The monoisotopic (exact) mass is 208 g/mol. The van der Waals surface area contributed by atoms with Crippen molar-refractivity contribution >= 4 is 5.82 Å². The Morgan fingerprint density at radius 3 is 2.87 bits per heavy atom. The van der Waals surface area contributed by atoms with E-state index >= 15 is 0 Å². The van der Waals surface area contributed by atoms with Gasteiger partial charge in [0.1, 0.15) is 0 Å². The highest BCUT2D eigenvalue weighted by Gasteiger charge is 2.31. The van der Waals surface area contributed by atoms with E-state index in [0.717, 1.165) is 18.9 Å². The van der Waals surface area contributed by atoms with Gasteiger partial charge in [-0.2, -0.15) is 5.10 Å². The number of aryl methyl sites for hydroxylation is 1. The smallest absolute Gasteiger partial charge is 0.150 e. The summed E-state index contributed by atoms with van der Waals surface area (Å²) in [7, 11) is 1.96. The molecule has 2 heterocycles. The lowest BCUT2D eigenvalue weighted by Gasteiger charge is -2.43. The summed E-state index contributed by atoms with van der Waals surface area (Å²) in [5.74, 6) is 1.08. The lowest BCUT2D eigenvalue weighted by atomic mass is 9.99. The van der Waals surface area contributed by atoms with Gasteiger partial charge in [-0.15, -0.1) is 0 Å². The van der Waals surface area contributed by atoms with Gasteiger partial charge in [0.25, 0.3) is 0 Å². The SMILES string of the molecule is CC1CNC(C)(C)CN1c1ccn(C)n1. The lowest BCUT2D eigenvalue weighted by Crippen LogP contribution is -2.61. The summed E-state index contributed by atoms with van der Waals surface area (Å²) in [6.07, 6.45) is 2.00. The van der Waals surface area contributed by atoms with E-state index < -0.39 is 0 Å². The second-order valence-corrected chi connectivity index (χ2v) is 5.09. The number of anilines is 1. The van der Waals surface area contributed by atoms with Crippen LogP contribution in [-0.4, -0.2) is 34.5 Å². The third kappa shape index (κ3) is 2.15. The normalized spacial score (nSPS) is 25.6. The second-order valence-electron chi connectivity index (χ2n) is 5.09. The molecule has 1 fully saturated rings. The molecule has 0 amide bonds. The van der Waals surface area contributed by atoms with E-state index in [1.165, 1.54) is 0 Å². The largest absolute Gasteiger partial charge is 0.349 e. The standard InChI is InChI=1S/C11H20N4/c1-9-7-12-11(2,3)8-15(9)10-5-6-14(4)13-10/h5-6,9,12H,7-8H2,1-4H3. The van der Waals surface area contributed by atoms with Crippen LogP contribution in [0.3, 0.4) is 0 Å². The van der Waals surface area contributed by atoms with E-state index in [1.54, 1.807) is 0 Å². The highest BCUT2D eigenvalue weighted by atomic mass is 15.4. The van der Waals surface area contributed by atoms with Gasteiger partial charge >= 0.3 is 0 Å². The van der Waals surface area contributed by atoms with Crippen LogP contribution in [0.15, 0.2) is 12.3 Å². The Hall–Kier alpha value is -1.03. The molecule has 1 aromatic heterocycles. The van der Waals surface area contributed by atoms with E-state index in [2.05, 4.69) is 42.2 Å². The summed E-state index contributed by atoms with van der Waals surface area (Å²) in [4.78, 5) is 2.37. The maximum atomic E-state index is 4.47. The number of nitrogens with zero attached hydrogens (tertiary/aromatic N) is 3. The van der Waals surface area contributed by atoms with Gasteiger partial charge in [0.15, 0.2) is 5.82 Å². The van der Waals surface area contributed by atoms with Gasteiger partial charge < -0.3 is 10.2 Å². The molecule has 1 aromatic rings. The van der Waals surface area contributed by atoms with Crippen molar-refractivity contribution in [1.82, 2.24) is 15.1 Å². The predicted octanol–water partition coefficient (Wildman–Crippen LogP) is 0.997. The fourth-order valence-corrected chi connectivity index (χ4v) is 2.03. The molecule has 84 valence electrons. The van der Waals surface area contributed by atoms with Crippen LogP contribution >= 0.6 is 0 Å². The first-order valence-electron chi connectivity index (χ1n) is 5.49. The third-order valence-electron chi connectivity index (χ3n) is 2.97. The van der Waals surface area contributed by atoms with Crippen LogP contribution in [-0.2, 0) is 7.05 Å². The van der Waals surface area contributed by atoms with Gasteiger partial charge in [-0.25, -0.2) is 0 Å². The van der Waals surface area contributed by atoms with Crippen molar-refractivity contribution in [3.05, 3.63) is 12.3 Å². The zero-order valence-corrected chi connectivity index (χ0v) is 9.99. The molecule has 4 heteroatoms. The molecule has 15 heavy (non-hydrogen) atoms. The summed E-state index contributed by atoms with van der Waals surface area (Å²) in [5, 5.41) is 8.00. The molecule has 4 nitrogen and oxygen atoms in total. The summed E-state index contributed by atoms with van der Waals surface area (Å²) in [6.45, 7) is 8.72. The van der Waals surface area contributed by atoms with Crippen molar-refractivity contribution in [2.75, 3.05) is 18.0 Å². The molecule has 1 N–H and O–H groups in total. The maximum Gasteiger partial charge on any atom is 0.150 e. The number of aromatic nitrogens is 2. The number of nitrogens with one attached hydrogen (secondary N) is 1. The number of rotatable bonds is 1. The molecule has 1 unspecified atom stereocenters. The highest BCUT2D eigenvalue weighted by molar-refractivity contribution is 5.40. The summed E-state index contributed by atoms with van der Waals surface area (Å²) < 4.78 is 1.86. The zero-order valence-electron chi connectivity index (χ0n) is 9.99. The topological polar surface area (TPSA) is 33.1 Å². The minimum Gasteiger partial charge on any atom is -0.349 e. The molecule has 0 spiro atoms. The van der Waals surface area contributed by atoms with Gasteiger partial charge in [0, 0.05) is 44.0 Å². The fraction of sp³-hybridized carbons (Fsp3) is 0.727. The van der Waals surface area contributed by atoms with Crippen LogP contribution in [0, 0.1) is 0 Å². The molecule has 1 aliphatic rings. The van der Waals surface area contributed by atoms with Gasteiger partial charge in [-0.3, -0.25) is 4.68 Å². The van der Waals surface area contributed by atoms with Crippen LogP contribution < -0.4 is 10.2 Å². The van der Waals surface area contributed by atoms with Crippen LogP contribution in [0.2, 0.25) is 0 Å². The Balaban J connectivity index is 2.19. The molecule has 1 atom stereocenters. The number of hydrogen-bond acceptors (Lipinski definition) is 3. The van der Waals surface area contributed by atoms with Crippen molar-refractivity contribution in [1.29, 1.82) is 0 Å². The molecule has 0 bridgehead atoms. The van der Waals surface area contributed by atoms with E-state index in [9.17, 15) is 0 Å². The van der Waals surface area contributed by atoms with Crippen LogP contribution in [0.4, 0.5) is 5.82 Å². The third-order valence-corrected chi connectivity index (χ3v) is 2.97. The van der Waals surface area contributed by atoms with E-state index in [-0.39, 0.29) is 5.54 Å². The van der Waals surface area contributed by atoms with Gasteiger partial charge in [-0.1, -0.05) is 0 Å². The molecule has 0 aromatic carbocycles. The zero-order chi connectivity index (χ0) is 11.1. The minimum atomic E-state index is 0.171. The first-order chi connectivity index (χ1) is 6.98. The molecule has 0 radical (unpaired) electrons. The summed E-state index contributed by atoms with van der Waals surface area (Å²) >= 11 is 0. The van der Waals surface area contributed by atoms with Crippen molar-refractivity contribution in [2.24, 2.45) is 7.05 Å². The average Bonchev–Trinajstić information content (AvgIpc) is 2.56. The molecular weight excluding hydrogens is 188 g/mol. The molecular formula is C11H20N4. The Labute approximate surface area is 91.3 Å². The summed E-state index contributed by atoms with van der Waals surface area (Å²) in [6, 6.07) is 2.59. The number of piperazine rings is 1. The fourth-order valence-electron chi connectivity index (χ4n) is 2.03. The van der Waals surface area contributed by atoms with Crippen molar-refractivity contribution in [3.8, 4) is 0 Å². The molecule has 2 rings (SSSR count). The highest BCUT2D eigenvalue weighted by Crippen LogP contribution is 2.21. The second kappa shape index (κ2) is 3.52. The Bertz CT molecular complexity index is 342. The minimum absolute atomic E-state index is 0.171. The van der Waals surface area contributed by atoms with Crippen molar-refractivity contribution < 1.29 is 0 Å². The number of hydrogen-bond donors (Lipinski definition) is 1. The molecule has 0 saturated carbocycles. The van der Waals surface area contributed by atoms with Crippen molar-refractivity contribution in [2.45, 2.75) is 32.4 Å². The first-order valence-corrected chi connectivity index (χ1v) is 5.49. The van der Waals surface area contributed by atoms with Gasteiger partial charge in [0.05, 0.1) is 0 Å². The van der Waals surface area contributed by atoms with Crippen LogP contribution in [0.1, 0.15) is 20.8 Å². The molecule has 1 aliphatic heterocycles. The first kappa shape index (κ1) is 10.5. The quantitative estimate of drug-likeness (QED) is 0.747. The Kier molecular flexibility index (Phi) is 2.46. The average molecular weight is 208 g/mol. The molecule has 1 saturated heterocycles. The van der Waals surface area contributed by atoms with Crippen molar-refractivity contribution in [3.63, 3.8) is 0 Å². The predicted molar refractivity (Wildman–Crippen MR) is 62.1 cm³/mol. The van der Waals surface area contributed by atoms with Crippen LogP contribution in [0.25, 0.3) is 0 Å². The van der Waals surface area contributed by atoms with E-state index in [1.807, 2.05) is 17.9 Å². The Morgan fingerprint density at radius 2 is 2.27 bits per heavy atom. The maximum absolute atomic E-state index is 4.47. The van der Waals surface area contributed by atoms with Crippen LogP contribution in [0.5, 0.6) is 0 Å². The van der Waals surface area contributed by atoms with E-state index in [0.29, 0.717) is 6.04 Å². The van der Waals surface area contributed by atoms with E-state index in [4.69, 9.17) is 0 Å². The summed E-state index contributed by atoms with van der Waals surface area (Å²) in [5.41, 5.74) is 0.171.